The lowest BCUT2D eigenvalue weighted by Crippen LogP contribution is -2.46. The Bertz CT molecular complexity index is 291. The fraction of sp³-hybridized carbons (Fsp3) is 0.833. The molecule has 0 saturated carbocycles. The van der Waals surface area contributed by atoms with Gasteiger partial charge in [-0.05, 0) is 0 Å². The number of carboxylic acids is 1. The fourth-order valence-corrected chi connectivity index (χ4v) is 1.47. The van der Waals surface area contributed by atoms with E-state index in [9.17, 15) is 13.2 Å². The van der Waals surface area contributed by atoms with Crippen LogP contribution in [0.25, 0.3) is 0 Å². The summed E-state index contributed by atoms with van der Waals surface area (Å²) in [4.78, 5) is 10.3. The quantitative estimate of drug-likeness (QED) is 0.346. The molecule has 0 radical (unpaired) electrons. The van der Waals surface area contributed by atoms with Crippen LogP contribution in [0.3, 0.4) is 0 Å². The molecule has 0 bridgehead atoms. The molecule has 1 atom stereocenters. The average molecular weight is 241 g/mol. The minimum Gasteiger partial charge on any atom is -0.480 e. The van der Waals surface area contributed by atoms with Crippen LogP contribution in [-0.2, 0) is 19.7 Å². The third-order valence-corrected chi connectivity index (χ3v) is 2.54. The highest BCUT2D eigenvalue weighted by molar-refractivity contribution is 7.87. The van der Waals surface area contributed by atoms with E-state index in [1.54, 1.807) is 0 Å². The van der Waals surface area contributed by atoms with Crippen LogP contribution in [0.15, 0.2) is 0 Å². The molecule has 0 aromatic rings. The van der Waals surface area contributed by atoms with Gasteiger partial charge in [-0.1, -0.05) is 0 Å². The molecule has 1 unspecified atom stereocenters. The van der Waals surface area contributed by atoms with E-state index in [1.165, 1.54) is 7.11 Å². The Morgan fingerprint density at radius 1 is 1.53 bits per heavy atom. The van der Waals surface area contributed by atoms with Crippen molar-refractivity contribution in [3.05, 3.63) is 0 Å². The van der Waals surface area contributed by atoms with Crippen molar-refractivity contribution < 1.29 is 23.1 Å². The van der Waals surface area contributed by atoms with Crippen molar-refractivity contribution in [1.82, 2.24) is 9.44 Å². The largest absolute Gasteiger partial charge is 0.480 e. The first-order valence-electron chi connectivity index (χ1n) is 4.10. The SMILES string of the molecule is COCCNS(=O)(=O)NCC(N)C(=O)O. The zero-order chi connectivity index (χ0) is 11.9. The highest BCUT2D eigenvalue weighted by Crippen LogP contribution is 1.80. The van der Waals surface area contributed by atoms with Gasteiger partial charge in [0.05, 0.1) is 6.61 Å². The molecule has 0 aliphatic rings. The number of hydrogen-bond acceptors (Lipinski definition) is 5. The first-order valence-corrected chi connectivity index (χ1v) is 5.59. The van der Waals surface area contributed by atoms with Crippen LogP contribution in [0.2, 0.25) is 0 Å². The molecule has 8 nitrogen and oxygen atoms in total. The summed E-state index contributed by atoms with van der Waals surface area (Å²) in [6, 6.07) is -1.26. The Balaban J connectivity index is 3.89. The standard InChI is InChI=1S/C6H15N3O5S/c1-14-3-2-8-15(12,13)9-4-5(7)6(10)11/h5,8-9H,2-4,7H2,1H3,(H,10,11). The van der Waals surface area contributed by atoms with Gasteiger partial charge in [0.1, 0.15) is 6.04 Å². The molecular weight excluding hydrogens is 226 g/mol. The Morgan fingerprint density at radius 3 is 2.60 bits per heavy atom. The summed E-state index contributed by atoms with van der Waals surface area (Å²) in [6.45, 7) is -0.0301. The molecule has 0 aliphatic carbocycles. The van der Waals surface area contributed by atoms with Gasteiger partial charge in [-0.3, -0.25) is 4.79 Å². The summed E-state index contributed by atoms with van der Waals surface area (Å²) >= 11 is 0. The Kier molecular flexibility index (Phi) is 6.36. The predicted molar refractivity (Wildman–Crippen MR) is 52.4 cm³/mol. The number of methoxy groups -OCH3 is 1. The van der Waals surface area contributed by atoms with Gasteiger partial charge in [-0.15, -0.1) is 0 Å². The van der Waals surface area contributed by atoms with Gasteiger partial charge in [0.2, 0.25) is 0 Å². The van der Waals surface area contributed by atoms with Crippen molar-refractivity contribution in [2.24, 2.45) is 5.73 Å². The summed E-state index contributed by atoms with van der Waals surface area (Å²) < 4.78 is 31.0. The summed E-state index contributed by atoms with van der Waals surface area (Å²) in [5.41, 5.74) is 5.10. The van der Waals surface area contributed by atoms with Gasteiger partial charge in [-0.2, -0.15) is 13.1 Å². The predicted octanol–water partition coefficient (Wildman–Crippen LogP) is -2.53. The summed E-state index contributed by atoms with van der Waals surface area (Å²) in [5, 5.41) is 8.39. The molecular formula is C6H15N3O5S. The summed E-state index contributed by atoms with van der Waals surface area (Å²) in [6.07, 6.45) is 0. The highest BCUT2D eigenvalue weighted by Gasteiger charge is 2.15. The lowest BCUT2D eigenvalue weighted by atomic mass is 10.3. The zero-order valence-corrected chi connectivity index (χ0v) is 9.08. The smallest absolute Gasteiger partial charge is 0.321 e. The van der Waals surface area contributed by atoms with E-state index in [-0.39, 0.29) is 19.7 Å². The van der Waals surface area contributed by atoms with Crippen LogP contribution >= 0.6 is 0 Å². The van der Waals surface area contributed by atoms with Crippen LogP contribution in [0.5, 0.6) is 0 Å². The van der Waals surface area contributed by atoms with Gasteiger partial charge >= 0.3 is 5.97 Å². The number of nitrogens with one attached hydrogen (secondary N) is 2. The number of ether oxygens (including phenoxy) is 1. The molecule has 90 valence electrons. The van der Waals surface area contributed by atoms with Crippen LogP contribution < -0.4 is 15.2 Å². The molecule has 9 heteroatoms. The van der Waals surface area contributed by atoms with Crippen molar-refractivity contribution in [3.8, 4) is 0 Å². The van der Waals surface area contributed by atoms with Crippen LogP contribution in [-0.4, -0.2) is 52.3 Å². The normalized spacial score (nSPS) is 13.7. The number of carboxylic acid groups (broad SMARTS) is 1. The number of hydrogen-bond donors (Lipinski definition) is 4. The van der Waals surface area contributed by atoms with Crippen molar-refractivity contribution >= 4 is 16.2 Å². The monoisotopic (exact) mass is 241 g/mol. The second kappa shape index (κ2) is 6.69. The summed E-state index contributed by atoms with van der Waals surface area (Å²) in [5.74, 6) is -1.27. The van der Waals surface area contributed by atoms with E-state index in [1.807, 2.05) is 4.72 Å². The minimum absolute atomic E-state index is 0.105. The zero-order valence-electron chi connectivity index (χ0n) is 8.26. The fourth-order valence-electron chi connectivity index (χ4n) is 0.616. The molecule has 0 saturated heterocycles. The lowest BCUT2D eigenvalue weighted by Gasteiger charge is -2.09. The highest BCUT2D eigenvalue weighted by atomic mass is 32.2. The minimum atomic E-state index is -3.71. The van der Waals surface area contributed by atoms with Gasteiger partial charge in [0.25, 0.3) is 10.2 Å². The van der Waals surface area contributed by atoms with Crippen molar-refractivity contribution in [1.29, 1.82) is 0 Å². The molecule has 5 N–H and O–H groups in total. The molecule has 0 spiro atoms. The number of rotatable bonds is 8. The van der Waals surface area contributed by atoms with Gasteiger partial charge in [0, 0.05) is 20.2 Å². The van der Waals surface area contributed by atoms with E-state index >= 15 is 0 Å². The molecule has 0 amide bonds. The maximum absolute atomic E-state index is 11.1. The third kappa shape index (κ3) is 7.22. The molecule has 0 aliphatic heterocycles. The van der Waals surface area contributed by atoms with E-state index in [2.05, 4.69) is 9.46 Å². The number of carbonyl (C=O) groups is 1. The molecule has 0 aromatic carbocycles. The number of nitrogens with two attached hydrogens (primary N) is 1. The maximum Gasteiger partial charge on any atom is 0.321 e. The second-order valence-corrected chi connectivity index (χ2v) is 4.27. The second-order valence-electron chi connectivity index (χ2n) is 2.68. The molecule has 0 rings (SSSR count). The summed E-state index contributed by atoms with van der Waals surface area (Å²) in [7, 11) is -2.27. The lowest BCUT2D eigenvalue weighted by molar-refractivity contribution is -0.138. The number of aliphatic carboxylic acids is 1. The molecule has 15 heavy (non-hydrogen) atoms. The van der Waals surface area contributed by atoms with Crippen LogP contribution in [0, 0.1) is 0 Å². The topological polar surface area (TPSA) is 131 Å². The van der Waals surface area contributed by atoms with E-state index < -0.39 is 22.2 Å². The van der Waals surface area contributed by atoms with Crippen LogP contribution in [0.4, 0.5) is 0 Å². The Hall–Kier alpha value is -0.740. The van der Waals surface area contributed by atoms with Crippen LogP contribution in [0.1, 0.15) is 0 Å². The molecule has 0 aromatic heterocycles. The molecule has 0 fully saturated rings. The van der Waals surface area contributed by atoms with Gasteiger partial charge in [-0.25, -0.2) is 4.72 Å². The molecule has 0 heterocycles. The van der Waals surface area contributed by atoms with Gasteiger partial charge < -0.3 is 15.6 Å². The first kappa shape index (κ1) is 14.3. The average Bonchev–Trinajstić information content (AvgIpc) is 2.14. The Labute approximate surface area is 88.0 Å². The van der Waals surface area contributed by atoms with Crippen molar-refractivity contribution in [3.63, 3.8) is 0 Å². The van der Waals surface area contributed by atoms with E-state index in [0.29, 0.717) is 0 Å². The first-order chi connectivity index (χ1) is 6.89. The maximum atomic E-state index is 11.1. The van der Waals surface area contributed by atoms with Gasteiger partial charge in [0.15, 0.2) is 0 Å². The van der Waals surface area contributed by atoms with E-state index in [0.717, 1.165) is 0 Å². The third-order valence-electron chi connectivity index (χ3n) is 1.41. The van der Waals surface area contributed by atoms with E-state index in [4.69, 9.17) is 10.8 Å². The van der Waals surface area contributed by atoms with Crippen molar-refractivity contribution in [2.75, 3.05) is 26.8 Å². The Morgan fingerprint density at radius 2 is 2.13 bits per heavy atom. The van der Waals surface area contributed by atoms with Crippen molar-refractivity contribution in [2.45, 2.75) is 6.04 Å².